The average molecular weight is 835 g/mol. The van der Waals surface area contributed by atoms with E-state index in [1.54, 1.807) is 24.3 Å². The molecule has 0 saturated heterocycles. The highest BCUT2D eigenvalue weighted by Gasteiger charge is 2.33. The van der Waals surface area contributed by atoms with Gasteiger partial charge in [0.2, 0.25) is 6.10 Å². The predicted octanol–water partition coefficient (Wildman–Crippen LogP) is 10.5. The molecule has 0 aliphatic carbocycles. The Labute approximate surface area is 360 Å². The molecule has 3 aromatic carbocycles. The smallest absolute Gasteiger partial charge is 0.351 e. The van der Waals surface area contributed by atoms with Gasteiger partial charge in [-0.1, -0.05) is 99.1 Å². The molecule has 1 amide bonds. The van der Waals surface area contributed by atoms with E-state index in [2.05, 4.69) is 17.1 Å². The number of rotatable bonds is 20. The number of unbranched alkanes of at least 4 members (excludes halogenated alkanes) is 6. The predicted molar refractivity (Wildman–Crippen MR) is 238 cm³/mol. The zero-order chi connectivity index (χ0) is 44.0. The van der Waals surface area contributed by atoms with E-state index >= 15 is 0 Å². The van der Waals surface area contributed by atoms with Gasteiger partial charge in [-0.25, -0.2) is 19.6 Å². The number of imidazole rings is 1. The van der Waals surface area contributed by atoms with Crippen molar-refractivity contribution in [2.24, 2.45) is 5.16 Å². The lowest BCUT2D eigenvalue weighted by atomic mass is 10.0. The molecule has 12 heteroatoms. The summed E-state index contributed by atoms with van der Waals surface area (Å²) in [4.78, 5) is 57.7. The number of amides is 1. The van der Waals surface area contributed by atoms with Gasteiger partial charge in [0.15, 0.2) is 6.61 Å². The maximum Gasteiger partial charge on any atom is 0.351 e. The van der Waals surface area contributed by atoms with Crippen LogP contribution in [0.3, 0.4) is 0 Å². The molecule has 5 rings (SSSR count). The topological polar surface area (TPSA) is 142 Å². The highest BCUT2D eigenvalue weighted by Crippen LogP contribution is 2.34. The van der Waals surface area contributed by atoms with Crippen molar-refractivity contribution in [2.75, 3.05) is 19.8 Å². The number of ether oxygens (including phenoxy) is 3. The maximum absolute atomic E-state index is 13.0. The van der Waals surface area contributed by atoms with Crippen LogP contribution in [0.5, 0.6) is 5.75 Å². The highest BCUT2D eigenvalue weighted by molar-refractivity contribution is 6.03. The van der Waals surface area contributed by atoms with Gasteiger partial charge in [0.1, 0.15) is 22.8 Å². The second-order valence-corrected chi connectivity index (χ2v) is 17.1. The molecule has 61 heavy (non-hydrogen) atoms. The number of aromatic amines is 1. The largest absolute Gasteiger partial charge is 0.482 e. The fourth-order valence-corrected chi connectivity index (χ4v) is 6.57. The second kappa shape index (κ2) is 21.7. The van der Waals surface area contributed by atoms with Crippen LogP contribution in [0.1, 0.15) is 118 Å². The van der Waals surface area contributed by atoms with Crippen molar-refractivity contribution in [2.45, 2.75) is 124 Å². The quantitative estimate of drug-likeness (QED) is 0.0398. The Bertz CT molecular complexity index is 2110. The Balaban J connectivity index is 1.31. The van der Waals surface area contributed by atoms with Crippen LogP contribution in [-0.4, -0.2) is 75.7 Å². The zero-order valence-corrected chi connectivity index (χ0v) is 37.0. The lowest BCUT2D eigenvalue weighted by Gasteiger charge is -2.20. The molecule has 0 fully saturated rings. The summed E-state index contributed by atoms with van der Waals surface area (Å²) < 4.78 is 16.6. The molecule has 1 N–H and O–H groups in total. The molecule has 1 unspecified atom stereocenters. The molecule has 0 radical (unpaired) electrons. The molecular formula is C49H62N4O8. The number of likely N-dealkylation sites (N-methyl/N-ethyl adjacent to an activating group) is 1. The summed E-state index contributed by atoms with van der Waals surface area (Å²) in [6.07, 6.45) is 11.1. The van der Waals surface area contributed by atoms with Gasteiger partial charge >= 0.3 is 11.9 Å². The van der Waals surface area contributed by atoms with Gasteiger partial charge in [0, 0.05) is 35.7 Å². The third kappa shape index (κ3) is 14.4. The molecule has 4 aromatic rings. The van der Waals surface area contributed by atoms with E-state index < -0.39 is 29.2 Å². The molecule has 0 spiro atoms. The van der Waals surface area contributed by atoms with Crippen LogP contribution in [-0.2, 0) is 33.5 Å². The lowest BCUT2D eigenvalue weighted by Crippen LogP contribution is -2.32. The van der Waals surface area contributed by atoms with Crippen molar-refractivity contribution in [3.63, 3.8) is 0 Å². The molecule has 1 aliphatic heterocycles. The number of benzene rings is 3. The third-order valence-electron chi connectivity index (χ3n) is 9.58. The van der Waals surface area contributed by atoms with Crippen LogP contribution >= 0.6 is 0 Å². The van der Waals surface area contributed by atoms with E-state index in [-0.39, 0.29) is 12.5 Å². The Kier molecular flexibility index (Phi) is 16.5. The van der Waals surface area contributed by atoms with Crippen LogP contribution in [0.15, 0.2) is 84.0 Å². The Morgan fingerprint density at radius 1 is 0.770 bits per heavy atom. The number of hydrogen-bond donors (Lipinski definition) is 1. The lowest BCUT2D eigenvalue weighted by molar-refractivity contribution is -0.180. The summed E-state index contributed by atoms with van der Waals surface area (Å²) in [5.74, 6) is 0.0694. The molecule has 1 atom stereocenters. The van der Waals surface area contributed by atoms with Crippen LogP contribution < -0.4 is 4.74 Å². The van der Waals surface area contributed by atoms with Crippen molar-refractivity contribution < 1.29 is 38.3 Å². The molecular weight excluding hydrogens is 773 g/mol. The van der Waals surface area contributed by atoms with E-state index in [1.807, 2.05) is 109 Å². The zero-order valence-electron chi connectivity index (χ0n) is 37.0. The van der Waals surface area contributed by atoms with E-state index in [0.717, 1.165) is 46.4 Å². The van der Waals surface area contributed by atoms with Crippen LogP contribution in [0.4, 0.5) is 0 Å². The van der Waals surface area contributed by atoms with E-state index in [4.69, 9.17) is 28.9 Å². The first kappa shape index (κ1) is 46.3. The number of H-pyrrole nitrogens is 1. The highest BCUT2D eigenvalue weighted by atomic mass is 16.7. The van der Waals surface area contributed by atoms with Gasteiger partial charge in [0.25, 0.3) is 5.91 Å². The van der Waals surface area contributed by atoms with Crippen molar-refractivity contribution >= 4 is 29.6 Å². The minimum Gasteiger partial charge on any atom is -0.482 e. The van der Waals surface area contributed by atoms with Crippen molar-refractivity contribution in [1.82, 2.24) is 15.0 Å². The van der Waals surface area contributed by atoms with Crippen LogP contribution in [0, 0.1) is 0 Å². The summed E-state index contributed by atoms with van der Waals surface area (Å²) in [7, 11) is 0. The Hall–Kier alpha value is -5.75. The Morgan fingerprint density at radius 2 is 1.38 bits per heavy atom. The monoisotopic (exact) mass is 834 g/mol. The maximum atomic E-state index is 13.0. The summed E-state index contributed by atoms with van der Waals surface area (Å²) in [6, 6.07) is 23.0. The number of nitrogens with one attached hydrogen (secondary N) is 1. The normalized spacial score (nSPS) is 14.1. The summed E-state index contributed by atoms with van der Waals surface area (Å²) in [5.41, 5.74) is 5.17. The first-order valence-electron chi connectivity index (χ1n) is 21.5. The van der Waals surface area contributed by atoms with E-state index in [9.17, 15) is 14.4 Å². The summed E-state index contributed by atoms with van der Waals surface area (Å²) in [5, 5.41) is 5.59. The Morgan fingerprint density at radius 3 is 2.02 bits per heavy atom. The first-order valence-corrected chi connectivity index (χ1v) is 21.5. The number of oxime groups is 1. The number of aromatic nitrogens is 2. The van der Waals surface area contributed by atoms with Crippen molar-refractivity contribution in [3.05, 3.63) is 90.0 Å². The molecule has 1 aromatic heterocycles. The number of nitrogens with zero attached hydrogens (tertiary/aromatic N) is 3. The van der Waals surface area contributed by atoms with Gasteiger partial charge in [-0.2, -0.15) is 0 Å². The van der Waals surface area contributed by atoms with E-state index in [1.165, 1.54) is 37.2 Å². The van der Waals surface area contributed by atoms with Gasteiger partial charge in [-0.3, -0.25) is 9.63 Å². The fourth-order valence-electron chi connectivity index (χ4n) is 6.57. The van der Waals surface area contributed by atoms with E-state index in [0.29, 0.717) is 42.6 Å². The van der Waals surface area contributed by atoms with Gasteiger partial charge < -0.3 is 24.0 Å². The second-order valence-electron chi connectivity index (χ2n) is 17.1. The van der Waals surface area contributed by atoms with Gasteiger partial charge in [-0.05, 0) is 96.4 Å². The molecule has 0 saturated carbocycles. The number of esters is 2. The summed E-state index contributed by atoms with van der Waals surface area (Å²) in [6.45, 7) is 15.8. The number of carbonyl (C=O) groups excluding carboxylic acids is 3. The number of hydrogen-bond acceptors (Lipinski definition) is 10. The SMILES string of the molecule is CCCCCCCCCON(CC)C(=O)C=Cc1ccc(-c2[nH]c(-c3ccc(C4=NOC(C(=O)OC(C)(C)C)C4)cc3)nc2-c2ccc(OCC(=O)OC(C)(C)C)cc2)cc1. The molecule has 0 bridgehead atoms. The van der Waals surface area contributed by atoms with Gasteiger partial charge in [0.05, 0.1) is 23.7 Å². The summed E-state index contributed by atoms with van der Waals surface area (Å²) >= 11 is 0. The molecule has 2 heterocycles. The first-order chi connectivity index (χ1) is 29.1. The van der Waals surface area contributed by atoms with Crippen LogP contribution in [0.2, 0.25) is 0 Å². The number of hydroxylamine groups is 2. The molecule has 12 nitrogen and oxygen atoms in total. The van der Waals surface area contributed by atoms with Crippen molar-refractivity contribution in [3.8, 4) is 39.7 Å². The fraction of sp³-hybridized carbons (Fsp3) is 0.449. The third-order valence-corrected chi connectivity index (χ3v) is 9.58. The van der Waals surface area contributed by atoms with Crippen molar-refractivity contribution in [1.29, 1.82) is 0 Å². The molecule has 326 valence electrons. The van der Waals surface area contributed by atoms with Gasteiger partial charge in [-0.15, -0.1) is 0 Å². The number of carbonyl (C=O) groups is 3. The minimum atomic E-state index is -0.787. The van der Waals surface area contributed by atoms with Crippen LogP contribution in [0.25, 0.3) is 40.0 Å². The molecule has 1 aliphatic rings. The average Bonchev–Trinajstić information content (AvgIpc) is 3.90. The minimum absolute atomic E-state index is 0.199. The standard InChI is InChI=1S/C49H62N4O8/c1-9-11-12-13-14-15-16-31-58-53(10-2)42(54)30-19-34-17-20-36(21-18-34)44-45(37-26-28-39(29-27-37)57-33-43(55)59-48(3,4)5)51-46(50-44)38-24-22-35(23-25-38)40-32-41(61-52-40)47(56)60-49(6,7)8/h17-30,41H,9-16,31-33H2,1-8H3,(H,50,51).